The average Bonchev–Trinajstić information content (AvgIpc) is 3.08. The van der Waals surface area contributed by atoms with E-state index in [-0.39, 0.29) is 18.1 Å². The normalized spacial score (nSPS) is 20.2. The molecule has 2 unspecified atom stereocenters. The highest BCUT2D eigenvalue weighted by molar-refractivity contribution is 5.89. The van der Waals surface area contributed by atoms with Crippen molar-refractivity contribution in [1.82, 2.24) is 25.2 Å². The fourth-order valence-corrected chi connectivity index (χ4v) is 3.73. The minimum Gasteiger partial charge on any atom is -0.341 e. The lowest BCUT2D eigenvalue weighted by Gasteiger charge is -2.36. The largest absolute Gasteiger partial charge is 0.341 e. The molecule has 2 atom stereocenters. The van der Waals surface area contributed by atoms with Crippen LogP contribution in [0.3, 0.4) is 0 Å². The molecule has 1 aliphatic rings. The van der Waals surface area contributed by atoms with Gasteiger partial charge in [0.15, 0.2) is 0 Å². The molecule has 0 spiro atoms. The van der Waals surface area contributed by atoms with E-state index in [1.807, 2.05) is 25.1 Å². The zero-order valence-corrected chi connectivity index (χ0v) is 16.5. The summed E-state index contributed by atoms with van der Waals surface area (Å²) in [6.07, 6.45) is 3.39. The van der Waals surface area contributed by atoms with Crippen molar-refractivity contribution in [3.05, 3.63) is 53.6 Å². The predicted molar refractivity (Wildman–Crippen MR) is 110 cm³/mol. The first-order valence-electron chi connectivity index (χ1n) is 9.64. The smallest absolute Gasteiger partial charge is 0.319 e. The molecule has 3 heterocycles. The summed E-state index contributed by atoms with van der Waals surface area (Å²) >= 11 is 0. The van der Waals surface area contributed by atoms with E-state index in [1.165, 1.54) is 5.56 Å². The number of aromatic nitrogens is 3. The zero-order chi connectivity index (χ0) is 19.7. The van der Waals surface area contributed by atoms with Gasteiger partial charge in [0, 0.05) is 18.3 Å². The van der Waals surface area contributed by atoms with Crippen LogP contribution in [-0.4, -0.2) is 45.5 Å². The number of pyridine rings is 1. The number of aryl methyl sites for hydroxylation is 2. The van der Waals surface area contributed by atoms with Crippen molar-refractivity contribution >= 4 is 22.8 Å². The Bertz CT molecular complexity index is 980. The number of nitrogens with zero attached hydrogens (tertiary/aromatic N) is 3. The van der Waals surface area contributed by atoms with Gasteiger partial charge in [-0.15, -0.1) is 0 Å². The number of H-pyrrole nitrogens is 1. The molecule has 1 aromatic carbocycles. The van der Waals surface area contributed by atoms with Crippen molar-refractivity contribution in [2.45, 2.75) is 38.8 Å². The van der Waals surface area contributed by atoms with Crippen LogP contribution in [0.4, 0.5) is 10.5 Å². The SMILES string of the molecule is Cc1ccc2nc(C3CC(NC(=O)Nc4ccc(C)nc4)CCN3C)[nH]c2c1. The number of urea groups is 1. The molecule has 7 nitrogen and oxygen atoms in total. The summed E-state index contributed by atoms with van der Waals surface area (Å²) < 4.78 is 0. The monoisotopic (exact) mass is 378 g/mol. The Labute approximate surface area is 164 Å². The van der Waals surface area contributed by atoms with Gasteiger partial charge >= 0.3 is 6.03 Å². The molecule has 0 saturated carbocycles. The Morgan fingerprint density at radius 2 is 2.11 bits per heavy atom. The number of anilines is 1. The highest BCUT2D eigenvalue weighted by atomic mass is 16.2. The van der Waals surface area contributed by atoms with Crippen molar-refractivity contribution in [2.75, 3.05) is 18.9 Å². The van der Waals surface area contributed by atoms with Crippen LogP contribution >= 0.6 is 0 Å². The number of nitrogens with one attached hydrogen (secondary N) is 3. The molecule has 3 N–H and O–H groups in total. The number of likely N-dealkylation sites (tertiary alicyclic amines) is 1. The quantitative estimate of drug-likeness (QED) is 0.651. The number of carbonyl (C=O) groups is 1. The Morgan fingerprint density at radius 1 is 1.25 bits per heavy atom. The molecular formula is C21H26N6O. The molecule has 2 aromatic heterocycles. The van der Waals surface area contributed by atoms with E-state index in [4.69, 9.17) is 4.98 Å². The number of fused-ring (bicyclic) bond motifs is 1. The maximum Gasteiger partial charge on any atom is 0.319 e. The first kappa shape index (κ1) is 18.4. The molecule has 28 heavy (non-hydrogen) atoms. The van der Waals surface area contributed by atoms with E-state index in [9.17, 15) is 4.79 Å². The molecule has 0 bridgehead atoms. The Balaban J connectivity index is 1.43. The molecule has 1 saturated heterocycles. The highest BCUT2D eigenvalue weighted by Gasteiger charge is 2.30. The van der Waals surface area contributed by atoms with Gasteiger partial charge < -0.3 is 15.6 Å². The van der Waals surface area contributed by atoms with Gasteiger partial charge in [0.25, 0.3) is 0 Å². The van der Waals surface area contributed by atoms with Crippen LogP contribution in [0.1, 0.15) is 36.0 Å². The van der Waals surface area contributed by atoms with Crippen LogP contribution in [0.5, 0.6) is 0 Å². The average molecular weight is 378 g/mol. The highest BCUT2D eigenvalue weighted by Crippen LogP contribution is 2.29. The van der Waals surface area contributed by atoms with Gasteiger partial charge in [-0.2, -0.15) is 0 Å². The maximum absolute atomic E-state index is 12.4. The predicted octanol–water partition coefficient (Wildman–Crippen LogP) is 3.53. The number of amides is 2. The molecular weight excluding hydrogens is 352 g/mol. The summed E-state index contributed by atoms with van der Waals surface area (Å²) in [6, 6.07) is 10.0. The third-order valence-corrected chi connectivity index (χ3v) is 5.35. The van der Waals surface area contributed by atoms with Crippen LogP contribution in [0.25, 0.3) is 11.0 Å². The Morgan fingerprint density at radius 3 is 2.89 bits per heavy atom. The summed E-state index contributed by atoms with van der Waals surface area (Å²) in [6.45, 7) is 4.90. The Kier molecular flexibility index (Phi) is 5.00. The minimum absolute atomic E-state index is 0.0922. The number of piperidine rings is 1. The van der Waals surface area contributed by atoms with Gasteiger partial charge in [0.2, 0.25) is 0 Å². The van der Waals surface area contributed by atoms with E-state index in [1.54, 1.807) is 6.20 Å². The molecule has 0 radical (unpaired) electrons. The second-order valence-corrected chi connectivity index (χ2v) is 7.65. The van der Waals surface area contributed by atoms with E-state index in [0.717, 1.165) is 41.9 Å². The van der Waals surface area contributed by atoms with Crippen molar-refractivity contribution in [3.63, 3.8) is 0 Å². The van der Waals surface area contributed by atoms with E-state index >= 15 is 0 Å². The number of benzene rings is 1. The molecule has 3 aromatic rings. The Hall–Kier alpha value is -2.93. The van der Waals surface area contributed by atoms with Crippen molar-refractivity contribution < 1.29 is 4.79 Å². The molecule has 4 rings (SSSR count). The van der Waals surface area contributed by atoms with Crippen LogP contribution in [0, 0.1) is 13.8 Å². The van der Waals surface area contributed by atoms with Gasteiger partial charge in [-0.25, -0.2) is 9.78 Å². The zero-order valence-electron chi connectivity index (χ0n) is 16.5. The first-order chi connectivity index (χ1) is 13.5. The summed E-state index contributed by atoms with van der Waals surface area (Å²) in [5, 5.41) is 5.96. The summed E-state index contributed by atoms with van der Waals surface area (Å²) in [4.78, 5) is 27.1. The van der Waals surface area contributed by atoms with Gasteiger partial charge in [-0.3, -0.25) is 9.88 Å². The lowest BCUT2D eigenvalue weighted by molar-refractivity contribution is 0.153. The standard InChI is InChI=1S/C21H26N6O/c1-13-4-7-17-18(10-13)26-20(25-17)19-11-15(8-9-27(19)3)23-21(28)24-16-6-5-14(2)22-12-16/h4-7,10,12,15,19H,8-9,11H2,1-3H3,(H,25,26)(H2,23,24,28). The number of imidazole rings is 1. The second-order valence-electron chi connectivity index (χ2n) is 7.65. The number of carbonyl (C=O) groups excluding carboxylic acids is 1. The van der Waals surface area contributed by atoms with E-state index in [0.29, 0.717) is 5.69 Å². The van der Waals surface area contributed by atoms with Crippen LogP contribution in [0.2, 0.25) is 0 Å². The molecule has 1 fully saturated rings. The van der Waals surface area contributed by atoms with E-state index in [2.05, 4.69) is 51.6 Å². The fourth-order valence-electron chi connectivity index (χ4n) is 3.73. The topological polar surface area (TPSA) is 85.9 Å². The van der Waals surface area contributed by atoms with Crippen LogP contribution in [0.15, 0.2) is 36.5 Å². The van der Waals surface area contributed by atoms with Crippen molar-refractivity contribution in [3.8, 4) is 0 Å². The molecule has 7 heteroatoms. The van der Waals surface area contributed by atoms with Gasteiger partial charge in [-0.05, 0) is 63.6 Å². The summed E-state index contributed by atoms with van der Waals surface area (Å²) in [5.74, 6) is 0.956. The first-order valence-corrected chi connectivity index (χ1v) is 9.64. The van der Waals surface area contributed by atoms with Crippen LogP contribution in [-0.2, 0) is 0 Å². The molecule has 1 aliphatic heterocycles. The summed E-state index contributed by atoms with van der Waals surface area (Å²) in [5.41, 5.74) is 4.86. The van der Waals surface area contributed by atoms with Gasteiger partial charge in [0.05, 0.1) is 29.0 Å². The number of hydrogen-bond acceptors (Lipinski definition) is 4. The van der Waals surface area contributed by atoms with Gasteiger partial charge in [0.1, 0.15) is 5.82 Å². The maximum atomic E-state index is 12.4. The molecule has 2 amide bonds. The lowest BCUT2D eigenvalue weighted by Crippen LogP contribution is -2.46. The van der Waals surface area contributed by atoms with Crippen LogP contribution < -0.4 is 10.6 Å². The third-order valence-electron chi connectivity index (χ3n) is 5.35. The van der Waals surface area contributed by atoms with Crippen molar-refractivity contribution in [2.24, 2.45) is 0 Å². The van der Waals surface area contributed by atoms with Crippen molar-refractivity contribution in [1.29, 1.82) is 0 Å². The number of rotatable bonds is 3. The fraction of sp³-hybridized carbons (Fsp3) is 0.381. The van der Waals surface area contributed by atoms with E-state index < -0.39 is 0 Å². The summed E-state index contributed by atoms with van der Waals surface area (Å²) in [7, 11) is 2.11. The molecule has 146 valence electrons. The minimum atomic E-state index is -0.195. The number of hydrogen-bond donors (Lipinski definition) is 3. The number of aromatic amines is 1. The third kappa shape index (κ3) is 3.99. The molecule has 0 aliphatic carbocycles. The second kappa shape index (κ2) is 7.59. The lowest BCUT2D eigenvalue weighted by atomic mass is 9.97. The van der Waals surface area contributed by atoms with Gasteiger partial charge in [-0.1, -0.05) is 6.07 Å².